The van der Waals surface area contributed by atoms with E-state index in [1.807, 2.05) is 0 Å². The number of amides is 4. The first kappa shape index (κ1) is 27.3. The number of urea groups is 1. The summed E-state index contributed by atoms with van der Waals surface area (Å²) in [5.74, 6) is -2.66. The largest absolute Gasteiger partial charge is 0.481 e. The Bertz CT molecular complexity index is 1140. The zero-order valence-corrected chi connectivity index (χ0v) is 20.4. The standard InChI is InChI=1S/C24H27N5O5.ClH/c1-4-27-23(34)29(22(33)24(27,3)18-12-10-17(11-13-18)21(25)26)28(15(2)30)19(14-20(31)32)16-8-6-5-7-9-16;/h5-13,19H,4,14H2,1-3H3,(H3,25,26)(H,31,32);1H/t19-,24-;/m1./s1. The van der Waals surface area contributed by atoms with Crippen molar-refractivity contribution in [2.45, 2.75) is 38.8 Å². The molecule has 1 aliphatic rings. The molecule has 4 amide bonds. The molecule has 2 aromatic carbocycles. The van der Waals surface area contributed by atoms with Crippen molar-refractivity contribution < 1.29 is 24.3 Å². The molecule has 35 heavy (non-hydrogen) atoms. The summed E-state index contributed by atoms with van der Waals surface area (Å²) < 4.78 is 0. The Kier molecular flexibility index (Phi) is 8.24. The summed E-state index contributed by atoms with van der Waals surface area (Å²) in [6.07, 6.45) is -0.503. The van der Waals surface area contributed by atoms with Crippen molar-refractivity contribution in [3.8, 4) is 0 Å². The van der Waals surface area contributed by atoms with Gasteiger partial charge >= 0.3 is 12.0 Å². The molecule has 4 N–H and O–H groups in total. The summed E-state index contributed by atoms with van der Waals surface area (Å²) in [6, 6.07) is 13.0. The molecular formula is C24H28ClN5O5. The number of carbonyl (C=O) groups excluding carboxylic acids is 3. The third-order valence-electron chi connectivity index (χ3n) is 6.02. The van der Waals surface area contributed by atoms with Gasteiger partial charge in [0.2, 0.25) is 5.91 Å². The minimum Gasteiger partial charge on any atom is -0.481 e. The van der Waals surface area contributed by atoms with Crippen LogP contribution in [0.15, 0.2) is 54.6 Å². The maximum Gasteiger partial charge on any atom is 0.347 e. The van der Waals surface area contributed by atoms with Crippen LogP contribution in [0.1, 0.15) is 49.9 Å². The van der Waals surface area contributed by atoms with E-state index in [1.165, 1.54) is 11.8 Å². The number of carboxylic acids is 1. The molecule has 1 heterocycles. The average Bonchev–Trinajstić information content (AvgIpc) is 2.99. The number of hydrogen-bond donors (Lipinski definition) is 3. The second kappa shape index (κ2) is 10.6. The molecule has 2 atom stereocenters. The average molecular weight is 502 g/mol. The number of carboxylic acid groups (broad SMARTS) is 1. The molecule has 0 aliphatic carbocycles. The third kappa shape index (κ3) is 4.83. The lowest BCUT2D eigenvalue weighted by Gasteiger charge is -2.35. The summed E-state index contributed by atoms with van der Waals surface area (Å²) in [5.41, 5.74) is 5.47. The van der Waals surface area contributed by atoms with Crippen LogP contribution < -0.4 is 5.73 Å². The minimum atomic E-state index is -1.46. The fraction of sp³-hybridized carbons (Fsp3) is 0.292. The predicted octanol–water partition coefficient (Wildman–Crippen LogP) is 2.87. The number of amidine groups is 1. The van der Waals surface area contributed by atoms with Gasteiger partial charge in [-0.3, -0.25) is 19.8 Å². The highest BCUT2D eigenvalue weighted by atomic mass is 35.5. The molecule has 1 aliphatic heterocycles. The van der Waals surface area contributed by atoms with Crippen LogP contribution in [-0.4, -0.2) is 56.2 Å². The summed E-state index contributed by atoms with van der Waals surface area (Å²) in [5, 5.41) is 18.8. The number of nitrogens with two attached hydrogens (primary N) is 1. The number of nitrogen functional groups attached to an aromatic ring is 1. The number of benzene rings is 2. The molecular weight excluding hydrogens is 474 g/mol. The number of imide groups is 1. The van der Waals surface area contributed by atoms with Crippen LogP contribution >= 0.6 is 12.4 Å². The van der Waals surface area contributed by atoms with E-state index >= 15 is 0 Å². The van der Waals surface area contributed by atoms with Crippen molar-refractivity contribution in [2.75, 3.05) is 6.54 Å². The van der Waals surface area contributed by atoms with Gasteiger partial charge in [0, 0.05) is 19.0 Å². The molecule has 0 radical (unpaired) electrons. The second-order valence-corrected chi connectivity index (χ2v) is 8.09. The molecule has 0 bridgehead atoms. The minimum absolute atomic E-state index is 0. The van der Waals surface area contributed by atoms with Gasteiger partial charge in [-0.25, -0.2) is 9.80 Å². The van der Waals surface area contributed by atoms with E-state index in [1.54, 1.807) is 68.4 Å². The van der Waals surface area contributed by atoms with Crippen molar-refractivity contribution in [2.24, 2.45) is 5.73 Å². The maximum absolute atomic E-state index is 13.8. The van der Waals surface area contributed by atoms with E-state index in [4.69, 9.17) is 11.1 Å². The van der Waals surface area contributed by atoms with Gasteiger partial charge in [-0.1, -0.05) is 54.6 Å². The Morgan fingerprint density at radius 3 is 2.14 bits per heavy atom. The van der Waals surface area contributed by atoms with E-state index in [-0.39, 0.29) is 24.8 Å². The number of carbonyl (C=O) groups is 4. The van der Waals surface area contributed by atoms with Crippen molar-refractivity contribution in [3.05, 3.63) is 71.3 Å². The molecule has 0 unspecified atom stereocenters. The Morgan fingerprint density at radius 2 is 1.69 bits per heavy atom. The summed E-state index contributed by atoms with van der Waals surface area (Å²) in [7, 11) is 0. The van der Waals surface area contributed by atoms with Crippen LogP contribution in [-0.2, 0) is 19.9 Å². The van der Waals surface area contributed by atoms with Crippen LogP contribution in [0.3, 0.4) is 0 Å². The fourth-order valence-electron chi connectivity index (χ4n) is 4.30. The zero-order valence-electron chi connectivity index (χ0n) is 19.6. The Labute approximate surface area is 209 Å². The van der Waals surface area contributed by atoms with Crippen LogP contribution in [0.4, 0.5) is 4.79 Å². The highest BCUT2D eigenvalue weighted by molar-refractivity contribution is 6.08. The van der Waals surface area contributed by atoms with E-state index in [9.17, 15) is 24.3 Å². The van der Waals surface area contributed by atoms with Crippen LogP contribution in [0.5, 0.6) is 0 Å². The monoisotopic (exact) mass is 501 g/mol. The van der Waals surface area contributed by atoms with Crippen molar-refractivity contribution in [1.82, 2.24) is 14.9 Å². The van der Waals surface area contributed by atoms with Gasteiger partial charge in [0.1, 0.15) is 11.4 Å². The summed E-state index contributed by atoms with van der Waals surface area (Å²) >= 11 is 0. The van der Waals surface area contributed by atoms with E-state index in [0.717, 1.165) is 10.0 Å². The molecule has 0 aromatic heterocycles. The highest BCUT2D eigenvalue weighted by Gasteiger charge is 2.58. The number of hydrogen-bond acceptors (Lipinski definition) is 5. The first-order chi connectivity index (χ1) is 16.0. The Hall–Kier alpha value is -3.92. The summed E-state index contributed by atoms with van der Waals surface area (Å²) in [4.78, 5) is 53.2. The number of likely N-dealkylation sites (N-methyl/N-ethyl adjacent to an activating group) is 1. The molecule has 1 fully saturated rings. The predicted molar refractivity (Wildman–Crippen MR) is 131 cm³/mol. The van der Waals surface area contributed by atoms with Crippen LogP contribution in [0, 0.1) is 5.41 Å². The lowest BCUT2D eigenvalue weighted by atomic mass is 9.89. The quantitative estimate of drug-likeness (QED) is 0.288. The van der Waals surface area contributed by atoms with Crippen molar-refractivity contribution in [1.29, 1.82) is 5.41 Å². The van der Waals surface area contributed by atoms with E-state index in [0.29, 0.717) is 16.7 Å². The van der Waals surface area contributed by atoms with Gasteiger partial charge in [-0.15, -0.1) is 12.4 Å². The lowest BCUT2D eigenvalue weighted by Crippen LogP contribution is -2.52. The van der Waals surface area contributed by atoms with Crippen LogP contribution in [0.25, 0.3) is 0 Å². The number of hydrazine groups is 1. The number of rotatable bonds is 8. The van der Waals surface area contributed by atoms with E-state index in [2.05, 4.69) is 0 Å². The Morgan fingerprint density at radius 1 is 1.11 bits per heavy atom. The fourth-order valence-corrected chi connectivity index (χ4v) is 4.30. The van der Waals surface area contributed by atoms with Crippen LogP contribution in [0.2, 0.25) is 0 Å². The number of halogens is 1. The SMILES string of the molecule is CCN1C(=O)N(N(C(C)=O)[C@H](CC(=O)O)c2ccccc2)C(=O)[C@@]1(C)c1ccc(C(=N)N)cc1.Cl. The Balaban J connectivity index is 0.00000432. The first-order valence-electron chi connectivity index (χ1n) is 10.7. The number of nitrogens with zero attached hydrogens (tertiary/aromatic N) is 3. The molecule has 10 nitrogen and oxygen atoms in total. The third-order valence-corrected chi connectivity index (χ3v) is 6.02. The topological polar surface area (TPSA) is 148 Å². The number of aliphatic carboxylic acids is 1. The lowest BCUT2D eigenvalue weighted by molar-refractivity contribution is -0.162. The first-order valence-corrected chi connectivity index (χ1v) is 10.7. The zero-order chi connectivity index (χ0) is 25.2. The second-order valence-electron chi connectivity index (χ2n) is 8.09. The van der Waals surface area contributed by atoms with Gasteiger partial charge in [0.25, 0.3) is 5.91 Å². The molecule has 1 saturated heterocycles. The molecule has 3 rings (SSSR count). The van der Waals surface area contributed by atoms with Gasteiger partial charge in [-0.05, 0) is 25.0 Å². The summed E-state index contributed by atoms with van der Waals surface area (Å²) in [6.45, 7) is 4.63. The van der Waals surface area contributed by atoms with Gasteiger partial charge < -0.3 is 15.7 Å². The van der Waals surface area contributed by atoms with E-state index < -0.39 is 41.8 Å². The molecule has 186 valence electrons. The van der Waals surface area contributed by atoms with Gasteiger partial charge in [-0.2, -0.15) is 5.01 Å². The molecule has 0 spiro atoms. The van der Waals surface area contributed by atoms with Gasteiger partial charge in [0.15, 0.2) is 0 Å². The molecule has 0 saturated carbocycles. The smallest absolute Gasteiger partial charge is 0.347 e. The van der Waals surface area contributed by atoms with Crippen molar-refractivity contribution in [3.63, 3.8) is 0 Å². The molecule has 11 heteroatoms. The maximum atomic E-state index is 13.8. The van der Waals surface area contributed by atoms with Crippen molar-refractivity contribution >= 4 is 42.1 Å². The highest BCUT2D eigenvalue weighted by Crippen LogP contribution is 2.40. The molecule has 2 aromatic rings. The number of nitrogens with one attached hydrogen (secondary N) is 1. The normalized spacial score (nSPS) is 18.1. The van der Waals surface area contributed by atoms with Gasteiger partial charge in [0.05, 0.1) is 12.5 Å².